The van der Waals surface area contributed by atoms with Gasteiger partial charge in [0.25, 0.3) is 0 Å². The first-order valence-corrected chi connectivity index (χ1v) is 10.1. The lowest BCUT2D eigenvalue weighted by molar-refractivity contribution is -0.137. The Morgan fingerprint density at radius 2 is 2.04 bits per heavy atom. The van der Waals surface area contributed by atoms with Gasteiger partial charge in [-0.3, -0.25) is 9.59 Å². The van der Waals surface area contributed by atoms with Crippen LogP contribution in [-0.4, -0.2) is 34.2 Å². The van der Waals surface area contributed by atoms with Crippen molar-refractivity contribution in [2.24, 2.45) is 17.3 Å². The van der Waals surface area contributed by atoms with Crippen LogP contribution in [0.4, 0.5) is 4.39 Å². The molecule has 0 spiro atoms. The molecule has 2 N–H and O–H groups in total. The van der Waals surface area contributed by atoms with Crippen LogP contribution in [0.15, 0.2) is 24.3 Å². The highest BCUT2D eigenvalue weighted by Gasteiger charge is 2.40. The van der Waals surface area contributed by atoms with E-state index in [1.54, 1.807) is 12.2 Å². The van der Waals surface area contributed by atoms with E-state index in [0.717, 1.165) is 19.3 Å². The predicted molar refractivity (Wildman–Crippen MR) is 105 cm³/mol. The van der Waals surface area contributed by atoms with E-state index in [-0.39, 0.29) is 24.0 Å². The third-order valence-electron chi connectivity index (χ3n) is 5.50. The molecule has 0 aliphatic heterocycles. The minimum absolute atomic E-state index is 0.0676. The van der Waals surface area contributed by atoms with E-state index in [2.05, 4.69) is 6.92 Å². The van der Waals surface area contributed by atoms with Crippen LogP contribution in [0.2, 0.25) is 0 Å². The van der Waals surface area contributed by atoms with Gasteiger partial charge in [-0.25, -0.2) is 4.39 Å². The Hall–Kier alpha value is -1.49. The van der Waals surface area contributed by atoms with Gasteiger partial charge >= 0.3 is 5.97 Å². The van der Waals surface area contributed by atoms with Crippen molar-refractivity contribution < 1.29 is 24.2 Å². The number of hydrogen-bond acceptors (Lipinski definition) is 3. The number of aliphatic carboxylic acids is 1. The molecule has 1 unspecified atom stereocenters. The van der Waals surface area contributed by atoms with Crippen LogP contribution in [0.5, 0.6) is 0 Å². The van der Waals surface area contributed by atoms with Crippen molar-refractivity contribution in [3.05, 3.63) is 24.3 Å². The van der Waals surface area contributed by atoms with Crippen LogP contribution in [0, 0.1) is 17.3 Å². The molecule has 1 saturated carbocycles. The molecular formula is C22H35FO4. The Balaban J connectivity index is 2.63. The zero-order valence-electron chi connectivity index (χ0n) is 16.9. The van der Waals surface area contributed by atoms with Gasteiger partial charge in [0.1, 0.15) is 12.0 Å². The van der Waals surface area contributed by atoms with Crippen LogP contribution < -0.4 is 0 Å². The maximum atomic E-state index is 14.3. The molecule has 1 rings (SSSR count). The van der Waals surface area contributed by atoms with Crippen LogP contribution >= 0.6 is 0 Å². The number of unbranched alkanes of at least 4 members (excludes halogenated alkanes) is 2. The summed E-state index contributed by atoms with van der Waals surface area (Å²) in [6.45, 7) is 6.11. The molecule has 1 aliphatic rings. The molecule has 0 amide bonds. The third kappa shape index (κ3) is 7.96. The summed E-state index contributed by atoms with van der Waals surface area (Å²) in [6.07, 6.45) is 9.88. The highest BCUT2D eigenvalue weighted by Crippen LogP contribution is 2.36. The molecule has 0 saturated heterocycles. The molecule has 154 valence electrons. The minimum atomic E-state index is -1.20. The largest absolute Gasteiger partial charge is 0.481 e. The number of hydrogen-bond donors (Lipinski definition) is 2. The summed E-state index contributed by atoms with van der Waals surface area (Å²) in [6, 6.07) is 0. The molecule has 4 atom stereocenters. The quantitative estimate of drug-likeness (QED) is 0.373. The van der Waals surface area contributed by atoms with E-state index in [1.165, 1.54) is 0 Å². The van der Waals surface area contributed by atoms with Crippen LogP contribution in [-0.2, 0) is 9.59 Å². The monoisotopic (exact) mass is 382 g/mol. The highest BCUT2D eigenvalue weighted by atomic mass is 19.1. The van der Waals surface area contributed by atoms with Crippen molar-refractivity contribution in [1.29, 1.82) is 0 Å². The lowest BCUT2D eigenvalue weighted by atomic mass is 9.80. The summed E-state index contributed by atoms with van der Waals surface area (Å²) in [5.41, 5.74) is -0.277. The fourth-order valence-electron chi connectivity index (χ4n) is 3.50. The lowest BCUT2D eigenvalue weighted by Gasteiger charge is -2.29. The molecule has 1 aliphatic carbocycles. The average molecular weight is 383 g/mol. The fourth-order valence-corrected chi connectivity index (χ4v) is 3.50. The van der Waals surface area contributed by atoms with E-state index in [4.69, 9.17) is 5.11 Å². The maximum Gasteiger partial charge on any atom is 0.303 e. The number of carboxylic acid groups (broad SMARTS) is 1. The Bertz CT molecular complexity index is 538. The summed E-state index contributed by atoms with van der Waals surface area (Å²) in [7, 11) is 0. The molecular weight excluding hydrogens is 347 g/mol. The summed E-state index contributed by atoms with van der Waals surface area (Å²) >= 11 is 0. The number of carbonyl (C=O) groups excluding carboxylic acids is 1. The van der Waals surface area contributed by atoms with Crippen molar-refractivity contribution >= 4 is 11.8 Å². The summed E-state index contributed by atoms with van der Waals surface area (Å²) < 4.78 is 14.3. The summed E-state index contributed by atoms with van der Waals surface area (Å²) in [4.78, 5) is 22.6. The first-order valence-electron chi connectivity index (χ1n) is 10.1. The standard InChI is InChI=1S/C22H35FO4/c1-4-5-14-22(2,3)20(25)13-12-16-17(19(24)15-18(16)23)10-8-6-7-9-11-21(26)27/h6,8,12-13,16-18,20,25H,4-5,7,9-11,14-15H2,1-3H3,(H,26,27)/t16-,17-,18+,20?/m1/s1. The number of halogens is 1. The van der Waals surface area contributed by atoms with E-state index in [1.807, 2.05) is 26.0 Å². The van der Waals surface area contributed by atoms with Crippen molar-refractivity contribution in [2.75, 3.05) is 0 Å². The summed E-state index contributed by atoms with van der Waals surface area (Å²) in [5, 5.41) is 19.1. The van der Waals surface area contributed by atoms with Gasteiger partial charge in [-0.15, -0.1) is 0 Å². The van der Waals surface area contributed by atoms with Gasteiger partial charge in [-0.05, 0) is 31.1 Å². The number of aliphatic hydroxyl groups excluding tert-OH is 1. The lowest BCUT2D eigenvalue weighted by Crippen LogP contribution is -2.28. The number of Topliss-reactive ketones (excluding diaryl/α,β-unsaturated/α-hetero) is 1. The number of alkyl halides is 1. The smallest absolute Gasteiger partial charge is 0.303 e. The molecule has 0 aromatic rings. The number of aliphatic hydroxyl groups is 1. The van der Waals surface area contributed by atoms with E-state index >= 15 is 0 Å². The molecule has 0 aromatic carbocycles. The molecule has 0 aromatic heterocycles. The first-order chi connectivity index (χ1) is 12.7. The second kappa shape index (κ2) is 11.4. The predicted octanol–water partition coefficient (Wildman–Crippen LogP) is 4.86. The molecule has 27 heavy (non-hydrogen) atoms. The number of carbonyl (C=O) groups is 2. The molecule has 0 bridgehead atoms. The maximum absolute atomic E-state index is 14.3. The normalized spacial score (nSPS) is 24.9. The Kier molecular flexibility index (Phi) is 9.92. The SMILES string of the molecule is CCCCC(C)(C)C(O)C=C[C@H]1[C@@H](F)CC(=O)[C@@H]1CC=CCCCC(=O)O. The summed E-state index contributed by atoms with van der Waals surface area (Å²) in [5.74, 6) is -1.80. The van der Waals surface area contributed by atoms with Gasteiger partial charge < -0.3 is 10.2 Å². The van der Waals surface area contributed by atoms with Crippen LogP contribution in [0.25, 0.3) is 0 Å². The number of rotatable bonds is 12. The Morgan fingerprint density at radius 1 is 1.33 bits per heavy atom. The molecule has 4 nitrogen and oxygen atoms in total. The second-order valence-electron chi connectivity index (χ2n) is 8.29. The number of carboxylic acids is 1. The molecule has 0 heterocycles. The van der Waals surface area contributed by atoms with Gasteiger partial charge in [0.2, 0.25) is 0 Å². The van der Waals surface area contributed by atoms with Gasteiger partial charge in [0, 0.05) is 24.7 Å². The Morgan fingerprint density at radius 3 is 2.67 bits per heavy atom. The average Bonchev–Trinajstić information content (AvgIpc) is 2.86. The van der Waals surface area contributed by atoms with E-state index in [0.29, 0.717) is 19.3 Å². The third-order valence-corrected chi connectivity index (χ3v) is 5.50. The van der Waals surface area contributed by atoms with Crippen molar-refractivity contribution in [2.45, 2.75) is 84.4 Å². The molecule has 1 fully saturated rings. The van der Waals surface area contributed by atoms with Gasteiger partial charge in [-0.2, -0.15) is 0 Å². The molecule has 5 heteroatoms. The second-order valence-corrected chi connectivity index (χ2v) is 8.29. The van der Waals surface area contributed by atoms with Crippen LogP contribution in [0.3, 0.4) is 0 Å². The van der Waals surface area contributed by atoms with Gasteiger partial charge in [-0.1, -0.05) is 57.9 Å². The van der Waals surface area contributed by atoms with E-state index in [9.17, 15) is 19.1 Å². The zero-order valence-corrected chi connectivity index (χ0v) is 16.9. The fraction of sp³-hybridized carbons (Fsp3) is 0.727. The number of ketones is 1. The van der Waals surface area contributed by atoms with Crippen LogP contribution in [0.1, 0.15) is 72.1 Å². The van der Waals surface area contributed by atoms with Crippen molar-refractivity contribution in [3.8, 4) is 0 Å². The van der Waals surface area contributed by atoms with Gasteiger partial charge in [0.15, 0.2) is 0 Å². The zero-order chi connectivity index (χ0) is 20.4. The minimum Gasteiger partial charge on any atom is -0.481 e. The topological polar surface area (TPSA) is 74.6 Å². The number of allylic oxidation sites excluding steroid dienone is 3. The molecule has 0 radical (unpaired) electrons. The van der Waals surface area contributed by atoms with E-state index < -0.39 is 30.1 Å². The highest BCUT2D eigenvalue weighted by molar-refractivity contribution is 5.84. The Labute approximate surface area is 162 Å². The van der Waals surface area contributed by atoms with Gasteiger partial charge in [0.05, 0.1) is 6.10 Å². The van der Waals surface area contributed by atoms with Crippen molar-refractivity contribution in [1.82, 2.24) is 0 Å². The first kappa shape index (κ1) is 23.5. The van der Waals surface area contributed by atoms with Crippen molar-refractivity contribution in [3.63, 3.8) is 0 Å².